The second kappa shape index (κ2) is 15.4. The molecule has 9 nitrogen and oxygen atoms in total. The number of ether oxygens (including phenoxy) is 2. The van der Waals surface area contributed by atoms with Crippen LogP contribution < -0.4 is 16.0 Å². The van der Waals surface area contributed by atoms with Gasteiger partial charge < -0.3 is 25.4 Å². The molecule has 3 rings (SSSR count). The SMILES string of the molecule is CNCC(CC1CCCCC1)NC(=O)c1cc(C(OCCNC(=O)OC)c2cccc(Cl)c2)cc(S(C)(=O)=O)c1. The van der Waals surface area contributed by atoms with Crippen LogP contribution in [0.15, 0.2) is 47.4 Å². The lowest BCUT2D eigenvalue weighted by atomic mass is 9.84. The third kappa shape index (κ3) is 9.76. The summed E-state index contributed by atoms with van der Waals surface area (Å²) in [7, 11) is -0.534. The molecule has 2 aromatic rings. The molecule has 0 aromatic heterocycles. The first-order valence-corrected chi connectivity index (χ1v) is 15.9. The summed E-state index contributed by atoms with van der Waals surface area (Å²) in [5, 5.41) is 9.33. The van der Waals surface area contributed by atoms with E-state index < -0.39 is 22.0 Å². The molecular weight excluding hydrogens is 554 g/mol. The van der Waals surface area contributed by atoms with Crippen molar-refractivity contribution in [1.82, 2.24) is 16.0 Å². The molecule has 1 fully saturated rings. The van der Waals surface area contributed by atoms with Gasteiger partial charge in [0.15, 0.2) is 9.84 Å². The molecular formula is C29H40ClN3O6S. The van der Waals surface area contributed by atoms with Gasteiger partial charge in [0.1, 0.15) is 6.10 Å². The molecule has 0 bridgehead atoms. The number of hydrogen-bond donors (Lipinski definition) is 3. The lowest BCUT2D eigenvalue weighted by Crippen LogP contribution is -2.42. The lowest BCUT2D eigenvalue weighted by Gasteiger charge is -2.27. The number of nitrogens with one attached hydrogen (secondary N) is 3. The van der Waals surface area contributed by atoms with Crippen LogP contribution in [0.2, 0.25) is 5.02 Å². The molecule has 1 aliphatic carbocycles. The van der Waals surface area contributed by atoms with Gasteiger partial charge in [-0.05, 0) is 60.8 Å². The molecule has 2 aromatic carbocycles. The number of carbonyl (C=O) groups is 2. The van der Waals surface area contributed by atoms with Crippen LogP contribution in [0.5, 0.6) is 0 Å². The summed E-state index contributed by atoms with van der Waals surface area (Å²) in [6.45, 7) is 0.876. The Bertz CT molecular complexity index is 1250. The maximum absolute atomic E-state index is 13.5. The first-order valence-electron chi connectivity index (χ1n) is 13.6. The van der Waals surface area contributed by atoms with E-state index in [0.29, 0.717) is 28.6 Å². The zero-order chi connectivity index (χ0) is 29.1. The van der Waals surface area contributed by atoms with Crippen LogP contribution in [0.4, 0.5) is 4.79 Å². The summed E-state index contributed by atoms with van der Waals surface area (Å²) in [6.07, 6.45) is 6.64. The highest BCUT2D eigenvalue weighted by Crippen LogP contribution is 2.31. The van der Waals surface area contributed by atoms with Gasteiger partial charge in [0, 0.05) is 36.0 Å². The van der Waals surface area contributed by atoms with E-state index in [9.17, 15) is 18.0 Å². The number of halogens is 1. The van der Waals surface area contributed by atoms with Crippen LogP contribution in [-0.2, 0) is 19.3 Å². The Hall–Kier alpha value is -2.66. The largest absolute Gasteiger partial charge is 0.453 e. The van der Waals surface area contributed by atoms with Gasteiger partial charge in [-0.15, -0.1) is 0 Å². The zero-order valence-electron chi connectivity index (χ0n) is 23.4. The van der Waals surface area contributed by atoms with E-state index in [2.05, 4.69) is 20.7 Å². The van der Waals surface area contributed by atoms with Crippen LogP contribution >= 0.6 is 11.6 Å². The number of methoxy groups -OCH3 is 1. The van der Waals surface area contributed by atoms with Crippen molar-refractivity contribution in [3.05, 3.63) is 64.2 Å². The van der Waals surface area contributed by atoms with Crippen molar-refractivity contribution in [3.8, 4) is 0 Å². The Morgan fingerprint density at radius 1 is 1.07 bits per heavy atom. The minimum atomic E-state index is -3.65. The number of hydrogen-bond acceptors (Lipinski definition) is 7. The van der Waals surface area contributed by atoms with Crippen molar-refractivity contribution in [2.75, 3.05) is 40.1 Å². The summed E-state index contributed by atoms with van der Waals surface area (Å²) in [4.78, 5) is 25.0. The van der Waals surface area contributed by atoms with Crippen molar-refractivity contribution in [2.45, 2.75) is 55.6 Å². The van der Waals surface area contributed by atoms with E-state index in [0.717, 1.165) is 25.5 Å². The molecule has 2 atom stereocenters. The summed E-state index contributed by atoms with van der Waals surface area (Å²) in [6, 6.07) is 11.5. The molecule has 11 heteroatoms. The summed E-state index contributed by atoms with van der Waals surface area (Å²) in [5.74, 6) is 0.213. The number of sulfone groups is 1. The maximum atomic E-state index is 13.5. The van der Waals surface area contributed by atoms with E-state index in [1.807, 2.05) is 13.1 Å². The minimum Gasteiger partial charge on any atom is -0.453 e. The van der Waals surface area contributed by atoms with E-state index >= 15 is 0 Å². The summed E-state index contributed by atoms with van der Waals surface area (Å²) >= 11 is 6.26. The molecule has 0 heterocycles. The molecule has 2 unspecified atom stereocenters. The van der Waals surface area contributed by atoms with E-state index in [-0.39, 0.29) is 35.6 Å². The monoisotopic (exact) mass is 593 g/mol. The molecule has 1 aliphatic rings. The van der Waals surface area contributed by atoms with Gasteiger partial charge in [0.2, 0.25) is 0 Å². The maximum Gasteiger partial charge on any atom is 0.406 e. The molecule has 0 aliphatic heterocycles. The highest BCUT2D eigenvalue weighted by molar-refractivity contribution is 7.90. The molecule has 220 valence electrons. The lowest BCUT2D eigenvalue weighted by molar-refractivity contribution is 0.0802. The predicted octanol–water partition coefficient (Wildman–Crippen LogP) is 4.49. The van der Waals surface area contributed by atoms with E-state index in [1.165, 1.54) is 38.5 Å². The second-order valence-corrected chi connectivity index (χ2v) is 12.7. The van der Waals surface area contributed by atoms with Crippen LogP contribution in [0.1, 0.15) is 66.1 Å². The standard InChI is InChI=1S/C29H40ClN3O6S/c1-31-19-25(14-20-8-5-4-6-9-20)33-28(34)23-15-22(17-26(18-23)40(3,36)37)27(21-10-7-11-24(30)16-21)39-13-12-32-29(35)38-2/h7,10-11,15-18,20,25,27,31H,4-6,8-9,12-14,19H2,1-3H3,(H,32,35)(H,33,34). The van der Waals surface area contributed by atoms with Crippen molar-refractivity contribution in [2.24, 2.45) is 5.92 Å². The van der Waals surface area contributed by atoms with Crippen molar-refractivity contribution >= 4 is 33.4 Å². The molecule has 0 radical (unpaired) electrons. The van der Waals surface area contributed by atoms with Crippen LogP contribution in [0, 0.1) is 5.92 Å². The van der Waals surface area contributed by atoms with Crippen LogP contribution in [-0.4, -0.2) is 66.6 Å². The fourth-order valence-corrected chi connectivity index (χ4v) is 6.00. The number of likely N-dealkylation sites (N-methyl/N-ethyl adjacent to an activating group) is 1. The van der Waals surface area contributed by atoms with Gasteiger partial charge in [-0.1, -0.05) is 55.8 Å². The minimum absolute atomic E-state index is 0.0101. The van der Waals surface area contributed by atoms with Crippen LogP contribution in [0.25, 0.3) is 0 Å². The fraction of sp³-hybridized carbons (Fsp3) is 0.517. The van der Waals surface area contributed by atoms with Gasteiger partial charge >= 0.3 is 6.09 Å². The number of amides is 2. The Morgan fingerprint density at radius 3 is 2.48 bits per heavy atom. The zero-order valence-corrected chi connectivity index (χ0v) is 24.9. The number of carbonyl (C=O) groups excluding carboxylic acids is 2. The topological polar surface area (TPSA) is 123 Å². The smallest absolute Gasteiger partial charge is 0.406 e. The molecule has 2 amide bonds. The average molecular weight is 594 g/mol. The van der Waals surface area contributed by atoms with E-state index in [1.54, 1.807) is 24.3 Å². The Balaban J connectivity index is 1.93. The van der Waals surface area contributed by atoms with Gasteiger partial charge in [0.25, 0.3) is 5.91 Å². The van der Waals surface area contributed by atoms with Crippen molar-refractivity contribution in [1.29, 1.82) is 0 Å². The normalized spacial score (nSPS) is 15.7. The first kappa shape index (κ1) is 31.9. The molecule has 0 saturated heterocycles. The third-order valence-corrected chi connectivity index (χ3v) is 8.37. The molecule has 3 N–H and O–H groups in total. The van der Waals surface area contributed by atoms with Crippen LogP contribution in [0.3, 0.4) is 0 Å². The average Bonchev–Trinajstić information content (AvgIpc) is 2.92. The Labute approximate surface area is 242 Å². The Kier molecular flexibility index (Phi) is 12.2. The fourth-order valence-electron chi connectivity index (χ4n) is 5.11. The second-order valence-electron chi connectivity index (χ2n) is 10.3. The highest BCUT2D eigenvalue weighted by atomic mass is 35.5. The van der Waals surface area contributed by atoms with Gasteiger partial charge in [0.05, 0.1) is 18.6 Å². The van der Waals surface area contributed by atoms with Crippen molar-refractivity contribution in [3.63, 3.8) is 0 Å². The van der Waals surface area contributed by atoms with Crippen molar-refractivity contribution < 1.29 is 27.5 Å². The highest BCUT2D eigenvalue weighted by Gasteiger charge is 2.24. The summed E-state index contributed by atoms with van der Waals surface area (Å²) < 4.78 is 36.0. The predicted molar refractivity (Wildman–Crippen MR) is 156 cm³/mol. The number of alkyl carbamates (subject to hydrolysis) is 1. The third-order valence-electron chi connectivity index (χ3n) is 7.04. The quantitative estimate of drug-likeness (QED) is 0.292. The number of rotatable bonds is 13. The molecule has 40 heavy (non-hydrogen) atoms. The first-order chi connectivity index (χ1) is 19.1. The molecule has 0 spiro atoms. The van der Waals surface area contributed by atoms with Gasteiger partial charge in [-0.2, -0.15) is 0 Å². The Morgan fingerprint density at radius 2 is 1.82 bits per heavy atom. The summed E-state index contributed by atoms with van der Waals surface area (Å²) in [5.41, 5.74) is 1.38. The molecule has 1 saturated carbocycles. The van der Waals surface area contributed by atoms with Gasteiger partial charge in [-0.25, -0.2) is 13.2 Å². The van der Waals surface area contributed by atoms with Gasteiger partial charge in [-0.3, -0.25) is 4.79 Å². The number of benzene rings is 2. The van der Waals surface area contributed by atoms with E-state index in [4.69, 9.17) is 16.3 Å².